The van der Waals surface area contributed by atoms with E-state index in [4.69, 9.17) is 0 Å². The number of hydrogen-bond donors (Lipinski definition) is 3. The smallest absolute Gasteiger partial charge is 0.242 e. The van der Waals surface area contributed by atoms with E-state index in [1.54, 1.807) is 19.1 Å². The van der Waals surface area contributed by atoms with Crippen LogP contribution in [0, 0.1) is 0 Å². The third-order valence-corrected chi connectivity index (χ3v) is 5.09. The predicted molar refractivity (Wildman–Crippen MR) is 81.4 cm³/mol. The third-order valence-electron chi connectivity index (χ3n) is 3.48. The Morgan fingerprint density at radius 2 is 2.15 bits per heavy atom. The lowest BCUT2D eigenvalue weighted by Crippen LogP contribution is -2.26. The van der Waals surface area contributed by atoms with Crippen LogP contribution < -0.4 is 15.4 Å². The number of nitrogens with one attached hydrogen (secondary N) is 3. The van der Waals surface area contributed by atoms with Crippen molar-refractivity contribution in [1.82, 2.24) is 10.0 Å². The fourth-order valence-electron chi connectivity index (χ4n) is 2.50. The summed E-state index contributed by atoms with van der Waals surface area (Å²) in [4.78, 5) is 0.321. The number of hydrogen-bond acceptors (Lipinski definition) is 4. The van der Waals surface area contributed by atoms with Gasteiger partial charge >= 0.3 is 0 Å². The van der Waals surface area contributed by atoms with Gasteiger partial charge in [0.25, 0.3) is 0 Å². The monoisotopic (exact) mass is 297 g/mol. The SMILES string of the molecule is CCNS(=O)(=O)c1ccccc1NCC[C@@H]1CCCN1. The van der Waals surface area contributed by atoms with E-state index >= 15 is 0 Å². The largest absolute Gasteiger partial charge is 0.384 e. The maximum absolute atomic E-state index is 12.1. The zero-order valence-corrected chi connectivity index (χ0v) is 12.7. The molecule has 0 radical (unpaired) electrons. The Hall–Kier alpha value is -1.11. The molecule has 1 aliphatic heterocycles. The van der Waals surface area contributed by atoms with Gasteiger partial charge in [0, 0.05) is 19.1 Å². The van der Waals surface area contributed by atoms with E-state index in [2.05, 4.69) is 15.4 Å². The highest BCUT2D eigenvalue weighted by atomic mass is 32.2. The molecule has 1 aliphatic rings. The van der Waals surface area contributed by atoms with E-state index < -0.39 is 10.0 Å². The molecule has 5 nitrogen and oxygen atoms in total. The van der Waals surface area contributed by atoms with Gasteiger partial charge in [-0.05, 0) is 37.9 Å². The van der Waals surface area contributed by atoms with E-state index in [1.165, 1.54) is 12.8 Å². The predicted octanol–water partition coefficient (Wildman–Crippen LogP) is 1.54. The van der Waals surface area contributed by atoms with Crippen molar-refractivity contribution in [3.63, 3.8) is 0 Å². The molecule has 0 spiro atoms. The number of anilines is 1. The first-order valence-corrected chi connectivity index (χ1v) is 8.68. The van der Waals surface area contributed by atoms with Crippen molar-refractivity contribution in [2.45, 2.75) is 37.1 Å². The van der Waals surface area contributed by atoms with Crippen LogP contribution in [-0.4, -0.2) is 34.1 Å². The average Bonchev–Trinajstić information content (AvgIpc) is 2.92. The summed E-state index contributed by atoms with van der Waals surface area (Å²) in [6, 6.07) is 7.59. The molecule has 1 aromatic carbocycles. The fourth-order valence-corrected chi connectivity index (χ4v) is 3.72. The number of benzene rings is 1. The molecule has 0 amide bonds. The second-order valence-corrected chi connectivity index (χ2v) is 6.74. The van der Waals surface area contributed by atoms with Crippen molar-refractivity contribution in [3.8, 4) is 0 Å². The Kier molecular flexibility index (Phi) is 5.39. The minimum atomic E-state index is -3.42. The van der Waals surface area contributed by atoms with Crippen LogP contribution in [0.2, 0.25) is 0 Å². The van der Waals surface area contributed by atoms with E-state index in [-0.39, 0.29) is 0 Å². The average molecular weight is 297 g/mol. The number of rotatable bonds is 7. The zero-order valence-electron chi connectivity index (χ0n) is 11.9. The van der Waals surface area contributed by atoms with Crippen molar-refractivity contribution in [2.24, 2.45) is 0 Å². The highest BCUT2D eigenvalue weighted by molar-refractivity contribution is 7.89. The molecule has 1 fully saturated rings. The van der Waals surface area contributed by atoms with E-state index in [1.807, 2.05) is 12.1 Å². The molecule has 112 valence electrons. The molecule has 20 heavy (non-hydrogen) atoms. The van der Waals surface area contributed by atoms with Gasteiger partial charge in [0.15, 0.2) is 0 Å². The summed E-state index contributed by atoms with van der Waals surface area (Å²) < 4.78 is 26.7. The van der Waals surface area contributed by atoms with E-state index in [9.17, 15) is 8.42 Å². The van der Waals surface area contributed by atoms with Crippen molar-refractivity contribution in [2.75, 3.05) is 25.0 Å². The van der Waals surface area contributed by atoms with Gasteiger partial charge in [0.05, 0.1) is 5.69 Å². The van der Waals surface area contributed by atoms with Crippen molar-refractivity contribution in [1.29, 1.82) is 0 Å². The molecule has 0 unspecified atom stereocenters. The molecule has 1 atom stereocenters. The number of sulfonamides is 1. The van der Waals surface area contributed by atoms with Crippen molar-refractivity contribution >= 4 is 15.7 Å². The van der Waals surface area contributed by atoms with E-state index in [0.717, 1.165) is 19.5 Å². The van der Waals surface area contributed by atoms with Crippen LogP contribution in [-0.2, 0) is 10.0 Å². The third kappa shape index (κ3) is 3.94. The maximum atomic E-state index is 12.1. The highest BCUT2D eigenvalue weighted by Crippen LogP contribution is 2.20. The van der Waals surface area contributed by atoms with Crippen molar-refractivity contribution < 1.29 is 8.42 Å². The quantitative estimate of drug-likeness (QED) is 0.714. The second kappa shape index (κ2) is 7.06. The van der Waals surface area contributed by atoms with Crippen molar-refractivity contribution in [3.05, 3.63) is 24.3 Å². The Labute approximate surface area is 121 Å². The van der Waals surface area contributed by atoms with Crippen LogP contribution >= 0.6 is 0 Å². The normalized spacial score (nSPS) is 19.1. The lowest BCUT2D eigenvalue weighted by atomic mass is 10.1. The van der Waals surface area contributed by atoms with Crippen LogP contribution in [0.25, 0.3) is 0 Å². The summed E-state index contributed by atoms with van der Waals surface area (Å²) >= 11 is 0. The van der Waals surface area contributed by atoms with Crippen LogP contribution in [0.1, 0.15) is 26.2 Å². The molecule has 1 saturated heterocycles. The summed E-state index contributed by atoms with van der Waals surface area (Å²) in [7, 11) is -3.42. The Morgan fingerprint density at radius 1 is 1.35 bits per heavy atom. The first-order chi connectivity index (χ1) is 9.63. The molecule has 6 heteroatoms. The number of para-hydroxylation sites is 1. The fraction of sp³-hybridized carbons (Fsp3) is 0.571. The van der Waals surface area contributed by atoms with Crippen LogP contribution in [0.3, 0.4) is 0 Å². The Bertz CT molecular complexity index is 525. The van der Waals surface area contributed by atoms with Crippen LogP contribution in [0.5, 0.6) is 0 Å². The topological polar surface area (TPSA) is 70.2 Å². The molecule has 0 aliphatic carbocycles. The first-order valence-electron chi connectivity index (χ1n) is 7.19. The summed E-state index contributed by atoms with van der Waals surface area (Å²) in [6.07, 6.45) is 3.45. The summed E-state index contributed by atoms with van der Waals surface area (Å²) in [5.74, 6) is 0. The molecule has 3 N–H and O–H groups in total. The summed E-state index contributed by atoms with van der Waals surface area (Å²) in [5.41, 5.74) is 0.673. The van der Waals surface area contributed by atoms with Gasteiger partial charge in [0.1, 0.15) is 4.90 Å². The van der Waals surface area contributed by atoms with Gasteiger partial charge in [-0.2, -0.15) is 0 Å². The van der Waals surface area contributed by atoms with E-state index in [0.29, 0.717) is 23.2 Å². The Balaban J connectivity index is 2.00. The molecular formula is C14H23N3O2S. The minimum Gasteiger partial charge on any atom is -0.384 e. The second-order valence-electron chi connectivity index (χ2n) is 5.01. The lowest BCUT2D eigenvalue weighted by molar-refractivity contribution is 0.573. The minimum absolute atomic E-state index is 0.321. The summed E-state index contributed by atoms with van der Waals surface area (Å²) in [6.45, 7) is 4.04. The van der Waals surface area contributed by atoms with Crippen LogP contribution in [0.15, 0.2) is 29.2 Å². The van der Waals surface area contributed by atoms with Gasteiger partial charge < -0.3 is 10.6 Å². The summed E-state index contributed by atoms with van der Waals surface area (Å²) in [5, 5.41) is 6.68. The maximum Gasteiger partial charge on any atom is 0.242 e. The molecule has 0 aromatic heterocycles. The van der Waals surface area contributed by atoms with Gasteiger partial charge in [-0.1, -0.05) is 19.1 Å². The first kappa shape index (κ1) is 15.3. The van der Waals surface area contributed by atoms with Gasteiger partial charge in [-0.25, -0.2) is 13.1 Å². The molecule has 1 heterocycles. The lowest BCUT2D eigenvalue weighted by Gasteiger charge is -2.14. The molecule has 1 aromatic rings. The van der Waals surface area contributed by atoms with Gasteiger partial charge in [-0.15, -0.1) is 0 Å². The molecule has 2 rings (SSSR count). The molecule has 0 bridgehead atoms. The van der Waals surface area contributed by atoms with Gasteiger partial charge in [0.2, 0.25) is 10.0 Å². The standard InChI is InChI=1S/C14H23N3O2S/c1-2-17-20(18,19)14-8-4-3-7-13(14)16-11-9-12-6-5-10-15-12/h3-4,7-8,12,15-17H,2,5-6,9-11H2,1H3/t12-/m0/s1. The Morgan fingerprint density at radius 3 is 2.85 bits per heavy atom. The molecule has 0 saturated carbocycles. The highest BCUT2D eigenvalue weighted by Gasteiger charge is 2.17. The van der Waals surface area contributed by atoms with Gasteiger partial charge in [-0.3, -0.25) is 0 Å². The zero-order chi connectivity index (χ0) is 14.4. The van der Waals surface area contributed by atoms with Crippen LogP contribution in [0.4, 0.5) is 5.69 Å². The molecular weight excluding hydrogens is 274 g/mol.